The largest absolute Gasteiger partial charge is 0.488 e. The number of amides is 1. The van der Waals surface area contributed by atoms with Crippen LogP contribution in [0.5, 0.6) is 5.75 Å². The van der Waals surface area contributed by atoms with E-state index in [1.807, 2.05) is 42.5 Å². The fraction of sp³-hybridized carbons (Fsp3) is 0.158. The van der Waals surface area contributed by atoms with Gasteiger partial charge in [-0.2, -0.15) is 0 Å². The lowest BCUT2D eigenvalue weighted by Crippen LogP contribution is -2.35. The van der Waals surface area contributed by atoms with Crippen LogP contribution in [0.4, 0.5) is 0 Å². The van der Waals surface area contributed by atoms with Gasteiger partial charge in [-0.1, -0.05) is 36.4 Å². The summed E-state index contributed by atoms with van der Waals surface area (Å²) in [7, 11) is 0. The molecule has 1 atom stereocenters. The molecule has 24 heavy (non-hydrogen) atoms. The standard InChI is InChI=1S/C19H16N2O3/c22-18-10-15(14-6-2-3-7-16(14)21-18)19(23)20-11-13-9-12-5-1-4-8-17(12)24-13/h1-8,10,13H,9,11H2,(H,20,23)(H,21,22)/t13-/m1/s1. The predicted molar refractivity (Wildman–Crippen MR) is 91.5 cm³/mol. The fourth-order valence-corrected chi connectivity index (χ4v) is 3.06. The summed E-state index contributed by atoms with van der Waals surface area (Å²) in [5.41, 5.74) is 1.89. The number of nitrogens with one attached hydrogen (secondary N) is 2. The third-order valence-corrected chi connectivity index (χ3v) is 4.20. The maximum absolute atomic E-state index is 12.5. The molecule has 0 aliphatic carbocycles. The summed E-state index contributed by atoms with van der Waals surface area (Å²) in [6, 6.07) is 16.5. The van der Waals surface area contributed by atoms with Crippen LogP contribution >= 0.6 is 0 Å². The number of carbonyl (C=O) groups is 1. The molecule has 0 saturated carbocycles. The molecule has 0 spiro atoms. The van der Waals surface area contributed by atoms with E-state index in [9.17, 15) is 9.59 Å². The molecule has 4 rings (SSSR count). The minimum atomic E-state index is -0.289. The molecule has 5 heteroatoms. The van der Waals surface area contributed by atoms with E-state index in [1.54, 1.807) is 6.07 Å². The zero-order valence-corrected chi connectivity index (χ0v) is 12.9. The fourth-order valence-electron chi connectivity index (χ4n) is 3.06. The molecule has 1 amide bonds. The van der Waals surface area contributed by atoms with Crippen molar-refractivity contribution in [1.29, 1.82) is 0 Å². The van der Waals surface area contributed by atoms with Crippen LogP contribution in [0.1, 0.15) is 15.9 Å². The van der Waals surface area contributed by atoms with Crippen molar-refractivity contribution in [3.63, 3.8) is 0 Å². The maximum Gasteiger partial charge on any atom is 0.252 e. The molecule has 2 heterocycles. The van der Waals surface area contributed by atoms with E-state index >= 15 is 0 Å². The zero-order chi connectivity index (χ0) is 16.5. The SMILES string of the molecule is O=C(NC[C@H]1Cc2ccccc2O1)c1cc(=O)[nH]c2ccccc12. The average molecular weight is 320 g/mol. The molecule has 120 valence electrons. The van der Waals surface area contributed by atoms with Crippen molar-refractivity contribution in [2.45, 2.75) is 12.5 Å². The number of carbonyl (C=O) groups excluding carboxylic acids is 1. The molecule has 3 aromatic rings. The molecule has 5 nitrogen and oxygen atoms in total. The van der Waals surface area contributed by atoms with Gasteiger partial charge in [0.15, 0.2) is 0 Å². The van der Waals surface area contributed by atoms with Gasteiger partial charge in [0, 0.05) is 23.4 Å². The van der Waals surface area contributed by atoms with Crippen LogP contribution in [0.2, 0.25) is 0 Å². The molecule has 1 aliphatic heterocycles. The summed E-state index contributed by atoms with van der Waals surface area (Å²) in [5.74, 6) is 0.607. The molecule has 1 aromatic heterocycles. The predicted octanol–water partition coefficient (Wildman–Crippen LogP) is 2.26. The number of aromatic nitrogens is 1. The Morgan fingerprint density at radius 1 is 1.17 bits per heavy atom. The third kappa shape index (κ3) is 2.65. The van der Waals surface area contributed by atoms with E-state index in [-0.39, 0.29) is 17.6 Å². The Labute approximate surface area is 138 Å². The molecular formula is C19H16N2O3. The number of pyridine rings is 1. The lowest BCUT2D eigenvalue weighted by Gasteiger charge is -2.12. The summed E-state index contributed by atoms with van der Waals surface area (Å²) in [4.78, 5) is 27.0. The van der Waals surface area contributed by atoms with Crippen LogP contribution < -0.4 is 15.6 Å². The van der Waals surface area contributed by atoms with Crippen LogP contribution in [0, 0.1) is 0 Å². The Morgan fingerprint density at radius 2 is 1.96 bits per heavy atom. The van der Waals surface area contributed by atoms with Gasteiger partial charge in [-0.25, -0.2) is 0 Å². The van der Waals surface area contributed by atoms with E-state index in [1.165, 1.54) is 6.07 Å². The van der Waals surface area contributed by atoms with Gasteiger partial charge in [0.2, 0.25) is 5.56 Å². The molecule has 0 fully saturated rings. The van der Waals surface area contributed by atoms with E-state index in [4.69, 9.17) is 4.74 Å². The Kier molecular flexibility index (Phi) is 3.54. The first-order valence-electron chi connectivity index (χ1n) is 7.85. The lowest BCUT2D eigenvalue weighted by molar-refractivity contribution is 0.0935. The number of benzene rings is 2. The number of hydrogen-bond acceptors (Lipinski definition) is 3. The second-order valence-electron chi connectivity index (χ2n) is 5.85. The first-order valence-corrected chi connectivity index (χ1v) is 7.85. The van der Waals surface area contributed by atoms with Gasteiger partial charge in [0.25, 0.3) is 5.91 Å². The minimum absolute atomic E-state index is 0.0837. The van der Waals surface area contributed by atoms with Crippen molar-refractivity contribution in [2.24, 2.45) is 0 Å². The van der Waals surface area contributed by atoms with Crippen LogP contribution in [-0.4, -0.2) is 23.5 Å². The number of aromatic amines is 1. The monoisotopic (exact) mass is 320 g/mol. The Bertz CT molecular complexity index is 953. The van der Waals surface area contributed by atoms with Crippen LogP contribution in [0.3, 0.4) is 0 Å². The minimum Gasteiger partial charge on any atom is -0.488 e. The Hall–Kier alpha value is -3.08. The number of H-pyrrole nitrogens is 1. The molecule has 0 radical (unpaired) electrons. The van der Waals surface area contributed by atoms with E-state index in [2.05, 4.69) is 10.3 Å². The van der Waals surface area contributed by atoms with Gasteiger partial charge in [-0.3, -0.25) is 9.59 Å². The van der Waals surface area contributed by atoms with Crippen molar-refractivity contribution in [2.75, 3.05) is 6.54 Å². The number of fused-ring (bicyclic) bond motifs is 2. The lowest BCUT2D eigenvalue weighted by atomic mass is 10.1. The first-order chi connectivity index (χ1) is 11.7. The highest BCUT2D eigenvalue weighted by Gasteiger charge is 2.23. The second kappa shape index (κ2) is 5.85. The maximum atomic E-state index is 12.5. The highest BCUT2D eigenvalue weighted by molar-refractivity contribution is 6.05. The summed E-state index contributed by atoms with van der Waals surface area (Å²) in [6.45, 7) is 0.397. The first kappa shape index (κ1) is 14.5. The van der Waals surface area contributed by atoms with Crippen molar-refractivity contribution in [3.05, 3.63) is 76.1 Å². The molecule has 0 bridgehead atoms. The van der Waals surface area contributed by atoms with E-state index < -0.39 is 0 Å². The van der Waals surface area contributed by atoms with Gasteiger partial charge in [0.1, 0.15) is 11.9 Å². The van der Waals surface area contributed by atoms with Crippen LogP contribution in [0.15, 0.2) is 59.4 Å². The van der Waals surface area contributed by atoms with Gasteiger partial charge >= 0.3 is 0 Å². The summed E-state index contributed by atoms with van der Waals surface area (Å²) in [6.07, 6.45) is 0.687. The van der Waals surface area contributed by atoms with Crippen LogP contribution in [0.25, 0.3) is 10.9 Å². The van der Waals surface area contributed by atoms with Crippen LogP contribution in [-0.2, 0) is 6.42 Å². The average Bonchev–Trinajstić information content (AvgIpc) is 3.02. The van der Waals surface area contributed by atoms with Crippen molar-refractivity contribution < 1.29 is 9.53 Å². The topological polar surface area (TPSA) is 71.2 Å². The smallest absolute Gasteiger partial charge is 0.252 e. The van der Waals surface area contributed by atoms with Crippen molar-refractivity contribution in [3.8, 4) is 5.75 Å². The summed E-state index contributed by atoms with van der Waals surface area (Å²) in [5, 5.41) is 3.61. The molecule has 2 aromatic carbocycles. The van der Waals surface area contributed by atoms with Gasteiger partial charge in [-0.15, -0.1) is 0 Å². The number of hydrogen-bond donors (Lipinski definition) is 2. The highest BCUT2D eigenvalue weighted by Crippen LogP contribution is 2.27. The van der Waals surface area contributed by atoms with E-state index in [0.717, 1.165) is 23.1 Å². The summed E-state index contributed by atoms with van der Waals surface area (Å²) < 4.78 is 5.82. The molecule has 0 saturated heterocycles. The van der Waals surface area contributed by atoms with Gasteiger partial charge < -0.3 is 15.0 Å². The van der Waals surface area contributed by atoms with Gasteiger partial charge in [-0.05, 0) is 17.7 Å². The molecule has 1 aliphatic rings. The third-order valence-electron chi connectivity index (χ3n) is 4.20. The number of para-hydroxylation sites is 2. The number of rotatable bonds is 3. The summed E-state index contributed by atoms with van der Waals surface area (Å²) >= 11 is 0. The molecular weight excluding hydrogens is 304 g/mol. The normalized spacial score (nSPS) is 15.8. The Balaban J connectivity index is 1.51. The molecule has 0 unspecified atom stereocenters. The highest BCUT2D eigenvalue weighted by atomic mass is 16.5. The number of ether oxygens (including phenoxy) is 1. The van der Waals surface area contributed by atoms with Crippen molar-refractivity contribution in [1.82, 2.24) is 10.3 Å². The van der Waals surface area contributed by atoms with Gasteiger partial charge in [0.05, 0.1) is 12.1 Å². The molecule has 2 N–H and O–H groups in total. The van der Waals surface area contributed by atoms with E-state index in [0.29, 0.717) is 17.6 Å². The Morgan fingerprint density at radius 3 is 2.83 bits per heavy atom. The zero-order valence-electron chi connectivity index (χ0n) is 12.9. The second-order valence-corrected chi connectivity index (χ2v) is 5.85. The van der Waals surface area contributed by atoms with Crippen molar-refractivity contribution >= 4 is 16.8 Å². The quantitative estimate of drug-likeness (QED) is 0.777.